The number of phenolic OH excluding ortho intramolecular Hbond substituents is 1. The second-order valence-corrected chi connectivity index (χ2v) is 7.07. The summed E-state index contributed by atoms with van der Waals surface area (Å²) in [4.78, 5) is 14.0. The topological polar surface area (TPSA) is 71.0 Å². The van der Waals surface area contributed by atoms with E-state index in [1.165, 1.54) is 0 Å². The summed E-state index contributed by atoms with van der Waals surface area (Å²) >= 11 is 0. The lowest BCUT2D eigenvalue weighted by Crippen LogP contribution is -2.41. The van der Waals surface area contributed by atoms with Crippen molar-refractivity contribution in [2.24, 2.45) is 0 Å². The predicted molar refractivity (Wildman–Crippen MR) is 99.2 cm³/mol. The Bertz CT molecular complexity index is 555. The van der Waals surface area contributed by atoms with E-state index in [0.717, 1.165) is 12.0 Å². The molecule has 0 fully saturated rings. The lowest BCUT2D eigenvalue weighted by Gasteiger charge is -2.28. The van der Waals surface area contributed by atoms with Crippen molar-refractivity contribution in [2.45, 2.75) is 52.7 Å². The summed E-state index contributed by atoms with van der Waals surface area (Å²) in [6, 6.07) is 5.08. The van der Waals surface area contributed by atoms with Gasteiger partial charge in [-0.1, -0.05) is 6.92 Å². The summed E-state index contributed by atoms with van der Waals surface area (Å²) < 4.78 is 10.7. The molecule has 0 saturated carbocycles. The first-order valence-electron chi connectivity index (χ1n) is 8.76. The van der Waals surface area contributed by atoms with Gasteiger partial charge in [0.05, 0.1) is 7.11 Å². The first-order valence-corrected chi connectivity index (χ1v) is 8.76. The number of nitrogens with one attached hydrogen (secondary N) is 1. The predicted octanol–water partition coefficient (Wildman–Crippen LogP) is 3.70. The number of ether oxygens (including phenoxy) is 2. The van der Waals surface area contributed by atoms with Crippen molar-refractivity contribution in [3.63, 3.8) is 0 Å². The highest BCUT2D eigenvalue weighted by molar-refractivity contribution is 5.68. The minimum atomic E-state index is -0.504. The third-order valence-corrected chi connectivity index (χ3v) is 3.68. The maximum absolute atomic E-state index is 12.3. The number of benzene rings is 1. The fourth-order valence-corrected chi connectivity index (χ4v) is 2.42. The van der Waals surface area contributed by atoms with Crippen LogP contribution in [0.4, 0.5) is 4.79 Å². The minimum Gasteiger partial charge on any atom is -0.508 e. The Labute approximate surface area is 151 Å². The second-order valence-electron chi connectivity index (χ2n) is 7.07. The van der Waals surface area contributed by atoms with Gasteiger partial charge in [-0.25, -0.2) is 4.79 Å². The van der Waals surface area contributed by atoms with Crippen LogP contribution >= 0.6 is 0 Å². The molecule has 0 aromatic heterocycles. The molecular weight excluding hydrogens is 320 g/mol. The van der Waals surface area contributed by atoms with E-state index in [9.17, 15) is 9.90 Å². The molecule has 0 heterocycles. The Balaban J connectivity index is 2.62. The Morgan fingerprint density at radius 1 is 1.32 bits per heavy atom. The zero-order valence-corrected chi connectivity index (χ0v) is 16.3. The lowest BCUT2D eigenvalue weighted by molar-refractivity contribution is 0.0251. The first-order chi connectivity index (χ1) is 11.7. The van der Waals surface area contributed by atoms with E-state index in [2.05, 4.69) is 5.32 Å². The van der Waals surface area contributed by atoms with Crippen molar-refractivity contribution in [1.29, 1.82) is 0 Å². The largest absolute Gasteiger partial charge is 0.508 e. The molecule has 0 radical (unpaired) electrons. The normalized spacial score (nSPS) is 12.6. The zero-order valence-electron chi connectivity index (χ0n) is 16.3. The van der Waals surface area contributed by atoms with Gasteiger partial charge < -0.3 is 24.8 Å². The molecule has 0 spiro atoms. The minimum absolute atomic E-state index is 0.0720. The third-order valence-electron chi connectivity index (χ3n) is 3.68. The number of phenols is 1. The number of aromatic hydroxyl groups is 1. The molecule has 1 unspecified atom stereocenters. The van der Waals surface area contributed by atoms with Gasteiger partial charge in [0.1, 0.15) is 17.1 Å². The molecule has 0 saturated heterocycles. The number of rotatable bonds is 8. The van der Waals surface area contributed by atoms with Gasteiger partial charge >= 0.3 is 6.09 Å². The summed E-state index contributed by atoms with van der Waals surface area (Å²) in [5.74, 6) is 0.918. The molecule has 0 aliphatic carbocycles. The van der Waals surface area contributed by atoms with Crippen molar-refractivity contribution in [3.05, 3.63) is 23.8 Å². The number of hydrogen-bond donors (Lipinski definition) is 2. The molecule has 1 aromatic rings. The quantitative estimate of drug-likeness (QED) is 0.746. The number of hydrogen-bond acceptors (Lipinski definition) is 5. The molecule has 0 aliphatic heterocycles. The number of carbonyl (C=O) groups is 1. The van der Waals surface area contributed by atoms with E-state index in [-0.39, 0.29) is 17.9 Å². The Kier molecular flexibility index (Phi) is 8.03. The van der Waals surface area contributed by atoms with E-state index >= 15 is 0 Å². The molecule has 1 aromatic carbocycles. The molecule has 2 N–H and O–H groups in total. The number of carbonyl (C=O) groups excluding carboxylic acids is 1. The van der Waals surface area contributed by atoms with Gasteiger partial charge in [-0.05, 0) is 52.3 Å². The number of methoxy groups -OCH3 is 1. The average molecular weight is 352 g/mol. The maximum Gasteiger partial charge on any atom is 0.410 e. The molecule has 6 nitrogen and oxygen atoms in total. The third kappa shape index (κ3) is 7.22. The van der Waals surface area contributed by atoms with Crippen LogP contribution in [0.2, 0.25) is 0 Å². The smallest absolute Gasteiger partial charge is 0.410 e. The molecule has 1 atom stereocenters. The molecule has 0 aliphatic rings. The van der Waals surface area contributed by atoms with E-state index in [0.29, 0.717) is 25.4 Å². The summed E-state index contributed by atoms with van der Waals surface area (Å²) in [7, 11) is 1.59. The Hall–Kier alpha value is -1.95. The van der Waals surface area contributed by atoms with Crippen molar-refractivity contribution >= 4 is 6.09 Å². The molecule has 1 amide bonds. The van der Waals surface area contributed by atoms with Crippen LogP contribution in [-0.4, -0.2) is 48.4 Å². The van der Waals surface area contributed by atoms with E-state index in [1.54, 1.807) is 24.1 Å². The summed E-state index contributed by atoms with van der Waals surface area (Å²) in [5, 5.41) is 13.4. The Morgan fingerprint density at radius 2 is 2.00 bits per heavy atom. The van der Waals surface area contributed by atoms with Crippen molar-refractivity contribution < 1.29 is 19.4 Å². The first kappa shape index (κ1) is 21.1. The SMILES string of the molecule is CCCN(CCNC(C)c1cc(OC)ccc1O)C(=O)OC(C)(C)C. The molecule has 25 heavy (non-hydrogen) atoms. The van der Waals surface area contributed by atoms with Gasteiger partial charge in [-0.3, -0.25) is 0 Å². The molecule has 6 heteroatoms. The fourth-order valence-electron chi connectivity index (χ4n) is 2.42. The highest BCUT2D eigenvalue weighted by Crippen LogP contribution is 2.28. The van der Waals surface area contributed by atoms with Crippen LogP contribution in [0.15, 0.2) is 18.2 Å². The molecule has 1 rings (SSSR count). The van der Waals surface area contributed by atoms with Crippen LogP contribution in [0, 0.1) is 0 Å². The van der Waals surface area contributed by atoms with E-state index in [1.807, 2.05) is 40.7 Å². The van der Waals surface area contributed by atoms with Crippen LogP contribution in [0.5, 0.6) is 11.5 Å². The molecule has 142 valence electrons. The zero-order chi connectivity index (χ0) is 19.0. The standard InChI is InChI=1S/C19H32N2O4/c1-7-11-21(18(23)25-19(3,4)5)12-10-20-14(2)16-13-15(24-6)8-9-17(16)22/h8-9,13-14,20,22H,7,10-12H2,1-6H3. The summed E-state index contributed by atoms with van der Waals surface area (Å²) in [6.07, 6.45) is 0.568. The average Bonchev–Trinajstić information content (AvgIpc) is 2.52. The fraction of sp³-hybridized carbons (Fsp3) is 0.632. The van der Waals surface area contributed by atoms with Gasteiger partial charge in [0.15, 0.2) is 0 Å². The maximum atomic E-state index is 12.3. The van der Waals surface area contributed by atoms with Crippen LogP contribution in [-0.2, 0) is 4.74 Å². The lowest BCUT2D eigenvalue weighted by atomic mass is 10.1. The second kappa shape index (κ2) is 9.51. The highest BCUT2D eigenvalue weighted by atomic mass is 16.6. The number of amides is 1. The van der Waals surface area contributed by atoms with Gasteiger partial charge in [0.25, 0.3) is 0 Å². The molecule has 0 bridgehead atoms. The summed E-state index contributed by atoms with van der Waals surface area (Å²) in [6.45, 7) is 11.4. The number of nitrogens with zero attached hydrogens (tertiary/aromatic N) is 1. The van der Waals surface area contributed by atoms with Crippen molar-refractivity contribution in [3.8, 4) is 11.5 Å². The van der Waals surface area contributed by atoms with Gasteiger partial charge in [0, 0.05) is 31.2 Å². The van der Waals surface area contributed by atoms with Crippen LogP contribution in [0.1, 0.15) is 52.6 Å². The van der Waals surface area contributed by atoms with Crippen molar-refractivity contribution in [2.75, 3.05) is 26.7 Å². The van der Waals surface area contributed by atoms with Crippen LogP contribution in [0.3, 0.4) is 0 Å². The van der Waals surface area contributed by atoms with Crippen molar-refractivity contribution in [1.82, 2.24) is 10.2 Å². The van der Waals surface area contributed by atoms with Gasteiger partial charge in [0.2, 0.25) is 0 Å². The van der Waals surface area contributed by atoms with Crippen LogP contribution in [0.25, 0.3) is 0 Å². The molecular formula is C19H32N2O4. The van der Waals surface area contributed by atoms with Crippen LogP contribution < -0.4 is 10.1 Å². The highest BCUT2D eigenvalue weighted by Gasteiger charge is 2.21. The van der Waals surface area contributed by atoms with Gasteiger partial charge in [-0.15, -0.1) is 0 Å². The Morgan fingerprint density at radius 3 is 2.56 bits per heavy atom. The van der Waals surface area contributed by atoms with Gasteiger partial charge in [-0.2, -0.15) is 0 Å². The summed E-state index contributed by atoms with van der Waals surface area (Å²) in [5.41, 5.74) is 0.259. The van der Waals surface area contributed by atoms with E-state index < -0.39 is 5.60 Å². The monoisotopic (exact) mass is 352 g/mol. The van der Waals surface area contributed by atoms with E-state index in [4.69, 9.17) is 9.47 Å².